The van der Waals surface area contributed by atoms with Crippen LogP contribution in [0.3, 0.4) is 0 Å². The number of rotatable bonds is 52. The summed E-state index contributed by atoms with van der Waals surface area (Å²) in [6.07, 6.45) is 82.0. The minimum Gasteiger partial charge on any atom is -0.462 e. The molecule has 1 atom stereocenters. The van der Waals surface area contributed by atoms with Gasteiger partial charge < -0.3 is 14.2 Å². The van der Waals surface area contributed by atoms with Gasteiger partial charge in [0.05, 0.1) is 0 Å². The maximum Gasteiger partial charge on any atom is 0.306 e. The Morgan fingerprint density at radius 3 is 0.958 bits per heavy atom. The molecule has 0 N–H and O–H groups in total. The van der Waals surface area contributed by atoms with Crippen LogP contribution in [0.5, 0.6) is 0 Å². The lowest BCUT2D eigenvalue weighted by atomic mass is 10.1. The second kappa shape index (κ2) is 59.4. The van der Waals surface area contributed by atoms with Crippen molar-refractivity contribution in [3.05, 3.63) is 122 Å². The fourth-order valence-corrected chi connectivity index (χ4v) is 7.76. The van der Waals surface area contributed by atoms with Crippen LogP contribution in [0, 0.1) is 0 Å². The average Bonchev–Trinajstić information content (AvgIpc) is 3.38. The maximum atomic E-state index is 12.9. The predicted molar refractivity (Wildman–Crippen MR) is 311 cm³/mol. The van der Waals surface area contributed by atoms with Gasteiger partial charge in [-0.3, -0.25) is 14.4 Å². The lowest BCUT2D eigenvalue weighted by Crippen LogP contribution is -2.30. The van der Waals surface area contributed by atoms with E-state index in [2.05, 4.69) is 136 Å². The van der Waals surface area contributed by atoms with Crippen molar-refractivity contribution in [1.82, 2.24) is 0 Å². The van der Waals surface area contributed by atoms with Gasteiger partial charge in [0.1, 0.15) is 13.2 Å². The van der Waals surface area contributed by atoms with Crippen molar-refractivity contribution in [3.8, 4) is 0 Å². The number of carbonyl (C=O) groups excluding carboxylic acids is 3. The Balaban J connectivity index is 4.54. The molecule has 0 aromatic carbocycles. The Morgan fingerprint density at radius 1 is 0.292 bits per heavy atom. The van der Waals surface area contributed by atoms with E-state index < -0.39 is 6.10 Å². The Bertz CT molecular complexity index is 1520. The summed E-state index contributed by atoms with van der Waals surface area (Å²) in [6, 6.07) is 0. The normalized spacial score (nSPS) is 13.0. The number of esters is 3. The van der Waals surface area contributed by atoms with Gasteiger partial charge in [0, 0.05) is 19.3 Å². The van der Waals surface area contributed by atoms with Gasteiger partial charge in [-0.05, 0) is 122 Å². The molecule has 0 aromatic rings. The van der Waals surface area contributed by atoms with Gasteiger partial charge in [0.2, 0.25) is 0 Å². The molecule has 6 heteroatoms. The van der Waals surface area contributed by atoms with E-state index >= 15 is 0 Å². The topological polar surface area (TPSA) is 78.9 Å². The second-order valence-electron chi connectivity index (χ2n) is 19.2. The number of carbonyl (C=O) groups is 3. The van der Waals surface area contributed by atoms with Crippen LogP contribution in [-0.2, 0) is 28.6 Å². The molecule has 0 spiro atoms. The molecule has 0 saturated carbocycles. The van der Waals surface area contributed by atoms with Crippen LogP contribution < -0.4 is 0 Å². The van der Waals surface area contributed by atoms with Gasteiger partial charge in [0.15, 0.2) is 6.10 Å². The van der Waals surface area contributed by atoms with E-state index in [1.54, 1.807) is 0 Å². The molecule has 72 heavy (non-hydrogen) atoms. The van der Waals surface area contributed by atoms with Crippen molar-refractivity contribution < 1.29 is 28.6 Å². The van der Waals surface area contributed by atoms with E-state index in [1.165, 1.54) is 103 Å². The lowest BCUT2D eigenvalue weighted by molar-refractivity contribution is -0.166. The molecule has 0 bridgehead atoms. The molecule has 0 radical (unpaired) electrons. The maximum absolute atomic E-state index is 12.9. The molecule has 0 amide bonds. The van der Waals surface area contributed by atoms with E-state index in [4.69, 9.17) is 14.2 Å². The first kappa shape index (κ1) is 67.8. The summed E-state index contributed by atoms with van der Waals surface area (Å²) >= 11 is 0. The molecule has 0 aliphatic heterocycles. The Morgan fingerprint density at radius 2 is 0.569 bits per heavy atom. The summed E-state index contributed by atoms with van der Waals surface area (Å²) in [4.78, 5) is 38.2. The molecule has 0 heterocycles. The zero-order valence-corrected chi connectivity index (χ0v) is 46.7. The van der Waals surface area contributed by atoms with E-state index in [-0.39, 0.29) is 37.5 Å². The summed E-state index contributed by atoms with van der Waals surface area (Å²) < 4.78 is 16.8. The molecule has 0 aliphatic carbocycles. The molecule has 0 saturated heterocycles. The molecular formula is C66H108O6. The van der Waals surface area contributed by atoms with Gasteiger partial charge in [-0.15, -0.1) is 0 Å². The summed E-state index contributed by atoms with van der Waals surface area (Å²) in [5.41, 5.74) is 0. The third-order valence-electron chi connectivity index (χ3n) is 12.2. The van der Waals surface area contributed by atoms with Crippen LogP contribution in [0.1, 0.15) is 258 Å². The summed E-state index contributed by atoms with van der Waals surface area (Å²) in [7, 11) is 0. The third kappa shape index (κ3) is 56.7. The molecule has 6 nitrogen and oxygen atoms in total. The summed E-state index contributed by atoms with van der Waals surface area (Å²) in [5, 5.41) is 0. The van der Waals surface area contributed by atoms with Crippen LogP contribution >= 0.6 is 0 Å². The van der Waals surface area contributed by atoms with Crippen LogP contribution in [0.4, 0.5) is 0 Å². The quantitative estimate of drug-likeness (QED) is 0.0261. The molecule has 1 unspecified atom stereocenters. The van der Waals surface area contributed by atoms with Crippen LogP contribution in [0.15, 0.2) is 122 Å². The van der Waals surface area contributed by atoms with Gasteiger partial charge in [-0.2, -0.15) is 0 Å². The van der Waals surface area contributed by atoms with E-state index in [0.29, 0.717) is 19.3 Å². The Kier molecular flexibility index (Phi) is 55.9. The Labute approximate surface area is 443 Å². The highest BCUT2D eigenvalue weighted by atomic mass is 16.6. The monoisotopic (exact) mass is 997 g/mol. The van der Waals surface area contributed by atoms with Crippen LogP contribution in [-0.4, -0.2) is 37.2 Å². The van der Waals surface area contributed by atoms with Gasteiger partial charge in [-0.25, -0.2) is 0 Å². The molecule has 0 fully saturated rings. The highest BCUT2D eigenvalue weighted by molar-refractivity contribution is 5.71. The summed E-state index contributed by atoms with van der Waals surface area (Å²) in [5.74, 6) is -1.02. The molecule has 408 valence electrons. The summed E-state index contributed by atoms with van der Waals surface area (Å²) in [6.45, 7) is 6.41. The smallest absolute Gasteiger partial charge is 0.306 e. The van der Waals surface area contributed by atoms with Gasteiger partial charge >= 0.3 is 17.9 Å². The second-order valence-corrected chi connectivity index (χ2v) is 19.2. The van der Waals surface area contributed by atoms with Crippen molar-refractivity contribution >= 4 is 17.9 Å². The minimum absolute atomic E-state index is 0.113. The first-order valence-electron chi connectivity index (χ1n) is 29.5. The average molecular weight is 998 g/mol. The van der Waals surface area contributed by atoms with Crippen molar-refractivity contribution in [3.63, 3.8) is 0 Å². The highest BCUT2D eigenvalue weighted by Gasteiger charge is 2.19. The van der Waals surface area contributed by atoms with Crippen molar-refractivity contribution in [2.45, 2.75) is 264 Å². The Hall–Kier alpha value is -4.19. The zero-order valence-electron chi connectivity index (χ0n) is 46.7. The SMILES string of the molecule is CC/C=C\C/C=C\C/C=C\C/C=C\C/C=C\C/C=C\CCC(=O)OCC(COC(=O)CCCCCCC/C=C\C/C=C\CCCCCC)OC(=O)CCCCCCCCCCC/C=C\C/C=C\CCCCC. The molecule has 0 aromatic heterocycles. The number of ether oxygens (including phenoxy) is 3. The zero-order chi connectivity index (χ0) is 52.2. The molecule has 0 aliphatic rings. The molecular weight excluding hydrogens is 889 g/mol. The fraction of sp³-hybridized carbons (Fsp3) is 0.652. The standard InChI is InChI=1S/C66H108O6/c1-4-7-10-13-16-19-22-25-28-31-33-35-38-41-44-47-50-53-56-59-65(68)71-62-63(61-70-64(67)58-55-52-49-46-43-40-37-30-27-24-21-18-15-12-9-6-3)72-66(69)60-57-54-51-48-45-42-39-36-34-32-29-26-23-20-17-14-11-8-5-2/h7,10,16-17,19-21,24-26,28-30,33,35,37,41,44,50,53,63H,4-6,8-9,11-15,18,22-23,27,31-32,34,36,38-40,42-43,45-49,51-52,54-62H2,1-3H3/b10-7-,19-16-,20-17-,24-21-,28-25-,29-26-,35-33-,37-30-,44-41-,53-50-. The number of hydrogen-bond acceptors (Lipinski definition) is 6. The third-order valence-corrected chi connectivity index (χ3v) is 12.2. The van der Waals surface area contributed by atoms with Gasteiger partial charge in [0.25, 0.3) is 0 Å². The number of unbranched alkanes of at least 4 members (excludes halogenated alkanes) is 21. The van der Waals surface area contributed by atoms with E-state index in [0.717, 1.165) is 109 Å². The number of allylic oxidation sites excluding steroid dienone is 20. The van der Waals surface area contributed by atoms with E-state index in [9.17, 15) is 14.4 Å². The van der Waals surface area contributed by atoms with Gasteiger partial charge in [-0.1, -0.05) is 239 Å². The lowest BCUT2D eigenvalue weighted by Gasteiger charge is -2.18. The van der Waals surface area contributed by atoms with Crippen molar-refractivity contribution in [2.24, 2.45) is 0 Å². The fourth-order valence-electron chi connectivity index (χ4n) is 7.76. The van der Waals surface area contributed by atoms with Crippen LogP contribution in [0.2, 0.25) is 0 Å². The minimum atomic E-state index is -0.821. The largest absolute Gasteiger partial charge is 0.462 e. The van der Waals surface area contributed by atoms with Crippen LogP contribution in [0.25, 0.3) is 0 Å². The first-order valence-corrected chi connectivity index (χ1v) is 29.5. The first-order chi connectivity index (χ1) is 35.5. The van der Waals surface area contributed by atoms with Crippen molar-refractivity contribution in [1.29, 1.82) is 0 Å². The van der Waals surface area contributed by atoms with E-state index in [1.807, 2.05) is 6.08 Å². The number of hydrogen-bond donors (Lipinski definition) is 0. The molecule has 0 rings (SSSR count). The van der Waals surface area contributed by atoms with Crippen molar-refractivity contribution in [2.75, 3.05) is 13.2 Å². The predicted octanol–water partition coefficient (Wildman–Crippen LogP) is 20.0. The highest BCUT2D eigenvalue weighted by Crippen LogP contribution is 2.14.